The third-order valence-electron chi connectivity index (χ3n) is 4.53. The standard InChI is InChI=1S/C17H22N2O7S/c20-16(21)11-13-12-18(5-10-26-13)17(22)14-3-1-2-4-15(14)27(23,24)19-6-8-25-9-7-19/h1-4,13H,5-12H2,(H,20,21). The van der Waals surface area contributed by atoms with E-state index in [2.05, 4.69) is 0 Å². The van der Waals surface area contributed by atoms with Crippen molar-refractivity contribution in [2.24, 2.45) is 0 Å². The van der Waals surface area contributed by atoms with Gasteiger partial charge in [-0.1, -0.05) is 12.1 Å². The molecule has 9 nitrogen and oxygen atoms in total. The maximum absolute atomic E-state index is 13.0. The molecule has 2 saturated heterocycles. The first-order chi connectivity index (χ1) is 12.9. The van der Waals surface area contributed by atoms with E-state index in [1.165, 1.54) is 21.3 Å². The average Bonchev–Trinajstić information content (AvgIpc) is 2.68. The summed E-state index contributed by atoms with van der Waals surface area (Å²) < 4.78 is 37.9. The Morgan fingerprint density at radius 2 is 1.81 bits per heavy atom. The topological polar surface area (TPSA) is 113 Å². The molecule has 0 aromatic heterocycles. The van der Waals surface area contributed by atoms with E-state index in [0.29, 0.717) is 13.2 Å². The monoisotopic (exact) mass is 398 g/mol. The van der Waals surface area contributed by atoms with E-state index in [1.54, 1.807) is 12.1 Å². The number of ether oxygens (including phenoxy) is 2. The van der Waals surface area contributed by atoms with Crippen molar-refractivity contribution in [3.8, 4) is 0 Å². The minimum absolute atomic E-state index is 0.0434. The molecule has 2 aliphatic heterocycles. The highest BCUT2D eigenvalue weighted by molar-refractivity contribution is 7.89. The van der Waals surface area contributed by atoms with Crippen molar-refractivity contribution >= 4 is 21.9 Å². The normalized spacial score (nSPS) is 21.8. The highest BCUT2D eigenvalue weighted by Crippen LogP contribution is 2.23. The lowest BCUT2D eigenvalue weighted by Gasteiger charge is -2.33. The summed E-state index contributed by atoms with van der Waals surface area (Å²) in [4.78, 5) is 25.3. The van der Waals surface area contributed by atoms with Crippen LogP contribution in [0.25, 0.3) is 0 Å². The zero-order chi connectivity index (χ0) is 19.4. The molecule has 1 aromatic rings. The number of sulfonamides is 1. The molecule has 0 saturated carbocycles. The molecule has 0 radical (unpaired) electrons. The zero-order valence-corrected chi connectivity index (χ0v) is 15.6. The molecule has 2 fully saturated rings. The minimum atomic E-state index is -3.83. The van der Waals surface area contributed by atoms with Gasteiger partial charge in [0, 0.05) is 26.2 Å². The van der Waals surface area contributed by atoms with Crippen LogP contribution < -0.4 is 0 Å². The number of hydrogen-bond acceptors (Lipinski definition) is 6. The lowest BCUT2D eigenvalue weighted by molar-refractivity contribution is -0.141. The van der Waals surface area contributed by atoms with Crippen LogP contribution in [0.15, 0.2) is 29.2 Å². The van der Waals surface area contributed by atoms with Gasteiger partial charge in [0.05, 0.1) is 42.8 Å². The Hall–Kier alpha value is -2.01. The number of hydrogen-bond donors (Lipinski definition) is 1. The number of carbonyl (C=O) groups excluding carboxylic acids is 1. The van der Waals surface area contributed by atoms with E-state index in [1.807, 2.05) is 0 Å². The first kappa shape index (κ1) is 19.7. The van der Waals surface area contributed by atoms with Gasteiger partial charge < -0.3 is 19.5 Å². The maximum atomic E-state index is 13.0. The third kappa shape index (κ3) is 4.46. The molecular weight excluding hydrogens is 376 g/mol. The highest BCUT2D eigenvalue weighted by Gasteiger charge is 2.33. The summed E-state index contributed by atoms with van der Waals surface area (Å²) in [5.41, 5.74) is 0.0833. The summed E-state index contributed by atoms with van der Waals surface area (Å²) >= 11 is 0. The Kier molecular flexibility index (Phi) is 6.10. The molecule has 3 rings (SSSR count). The van der Waals surface area contributed by atoms with Crippen LogP contribution in [0.3, 0.4) is 0 Å². The van der Waals surface area contributed by atoms with Crippen LogP contribution >= 0.6 is 0 Å². The van der Waals surface area contributed by atoms with Gasteiger partial charge in [-0.3, -0.25) is 9.59 Å². The van der Waals surface area contributed by atoms with Crippen molar-refractivity contribution in [2.75, 3.05) is 46.0 Å². The van der Waals surface area contributed by atoms with Gasteiger partial charge in [0.25, 0.3) is 5.91 Å². The summed E-state index contributed by atoms with van der Waals surface area (Å²) in [6.07, 6.45) is -0.819. The quantitative estimate of drug-likeness (QED) is 0.744. The summed E-state index contributed by atoms with van der Waals surface area (Å²) in [6.45, 7) is 1.71. The van der Waals surface area contributed by atoms with Crippen molar-refractivity contribution in [3.63, 3.8) is 0 Å². The van der Waals surface area contributed by atoms with Gasteiger partial charge in [0.1, 0.15) is 0 Å². The smallest absolute Gasteiger partial charge is 0.306 e. The number of morpholine rings is 2. The van der Waals surface area contributed by atoms with Gasteiger partial charge in [-0.2, -0.15) is 4.31 Å². The highest BCUT2D eigenvalue weighted by atomic mass is 32.2. The number of amides is 1. The number of benzene rings is 1. The van der Waals surface area contributed by atoms with Crippen LogP contribution in [-0.2, 0) is 24.3 Å². The number of rotatable bonds is 5. The number of nitrogens with zero attached hydrogens (tertiary/aromatic N) is 2. The Bertz CT molecular complexity index is 805. The molecule has 10 heteroatoms. The first-order valence-corrected chi connectivity index (χ1v) is 10.1. The molecule has 0 spiro atoms. The lowest BCUT2D eigenvalue weighted by Crippen LogP contribution is -2.47. The average molecular weight is 398 g/mol. The van der Waals surface area contributed by atoms with Crippen molar-refractivity contribution in [2.45, 2.75) is 17.4 Å². The molecule has 27 heavy (non-hydrogen) atoms. The second kappa shape index (κ2) is 8.34. The molecule has 1 atom stereocenters. The largest absolute Gasteiger partial charge is 0.481 e. The Balaban J connectivity index is 1.84. The van der Waals surface area contributed by atoms with E-state index in [9.17, 15) is 18.0 Å². The van der Waals surface area contributed by atoms with Gasteiger partial charge in [-0.25, -0.2) is 8.42 Å². The van der Waals surface area contributed by atoms with Crippen LogP contribution in [0.4, 0.5) is 0 Å². The predicted octanol–water partition coefficient (Wildman–Crippen LogP) is 0.0232. The summed E-state index contributed by atoms with van der Waals surface area (Å²) in [5.74, 6) is -1.45. The Morgan fingerprint density at radius 1 is 1.11 bits per heavy atom. The van der Waals surface area contributed by atoms with E-state index >= 15 is 0 Å². The van der Waals surface area contributed by atoms with Gasteiger partial charge in [-0.05, 0) is 12.1 Å². The molecule has 1 aromatic carbocycles. The second-order valence-corrected chi connectivity index (χ2v) is 8.26. The van der Waals surface area contributed by atoms with Gasteiger partial charge >= 0.3 is 5.97 Å². The van der Waals surface area contributed by atoms with E-state index in [-0.39, 0.29) is 49.7 Å². The first-order valence-electron chi connectivity index (χ1n) is 8.69. The fraction of sp³-hybridized carbons (Fsp3) is 0.529. The van der Waals surface area contributed by atoms with Crippen molar-refractivity contribution in [3.05, 3.63) is 29.8 Å². The second-order valence-electron chi connectivity index (χ2n) is 6.35. The molecule has 1 unspecified atom stereocenters. The summed E-state index contributed by atoms with van der Waals surface area (Å²) in [6, 6.07) is 6.10. The zero-order valence-electron chi connectivity index (χ0n) is 14.7. The van der Waals surface area contributed by atoms with Crippen molar-refractivity contribution in [1.29, 1.82) is 0 Å². The molecular formula is C17H22N2O7S. The van der Waals surface area contributed by atoms with Gasteiger partial charge in [-0.15, -0.1) is 0 Å². The summed E-state index contributed by atoms with van der Waals surface area (Å²) in [5, 5.41) is 8.92. The maximum Gasteiger partial charge on any atom is 0.306 e. The lowest BCUT2D eigenvalue weighted by atomic mass is 10.1. The SMILES string of the molecule is O=C(O)CC1CN(C(=O)c2ccccc2S(=O)(=O)N2CCOCC2)CCO1. The van der Waals surface area contributed by atoms with Crippen LogP contribution in [-0.4, -0.2) is 86.7 Å². The van der Waals surface area contributed by atoms with Crippen LogP contribution in [0, 0.1) is 0 Å². The fourth-order valence-corrected chi connectivity index (χ4v) is 4.78. The molecule has 0 bridgehead atoms. The third-order valence-corrected chi connectivity index (χ3v) is 6.49. The molecule has 148 valence electrons. The van der Waals surface area contributed by atoms with Crippen molar-refractivity contribution in [1.82, 2.24) is 9.21 Å². The minimum Gasteiger partial charge on any atom is -0.481 e. The van der Waals surface area contributed by atoms with E-state index in [0.717, 1.165) is 0 Å². The van der Waals surface area contributed by atoms with E-state index < -0.39 is 28.0 Å². The number of carboxylic acid groups (broad SMARTS) is 1. The van der Waals surface area contributed by atoms with Crippen LogP contribution in [0.2, 0.25) is 0 Å². The van der Waals surface area contributed by atoms with Gasteiger partial charge in [0.2, 0.25) is 10.0 Å². The van der Waals surface area contributed by atoms with Crippen molar-refractivity contribution < 1.29 is 32.6 Å². The molecule has 1 amide bonds. The molecule has 0 aliphatic carbocycles. The molecule has 1 N–H and O–H groups in total. The Morgan fingerprint density at radius 3 is 2.52 bits per heavy atom. The van der Waals surface area contributed by atoms with Gasteiger partial charge in [0.15, 0.2) is 0 Å². The van der Waals surface area contributed by atoms with Crippen LogP contribution in [0.1, 0.15) is 16.8 Å². The number of carbonyl (C=O) groups is 2. The number of aliphatic carboxylic acids is 1. The predicted molar refractivity (Wildman–Crippen MR) is 93.9 cm³/mol. The van der Waals surface area contributed by atoms with Crippen LogP contribution in [0.5, 0.6) is 0 Å². The molecule has 2 heterocycles. The fourth-order valence-electron chi connectivity index (χ4n) is 3.19. The molecule has 2 aliphatic rings. The summed E-state index contributed by atoms with van der Waals surface area (Å²) in [7, 11) is -3.83. The Labute approximate surface area is 157 Å². The van der Waals surface area contributed by atoms with E-state index in [4.69, 9.17) is 14.6 Å². The number of carboxylic acids is 1.